The number of nitrogens with zero attached hydrogens (tertiary/aromatic N) is 4. The molecule has 0 bridgehead atoms. The maximum Gasteiger partial charge on any atom is 0.257 e. The van der Waals surface area contributed by atoms with Gasteiger partial charge in [-0.3, -0.25) is 9.20 Å². The molecule has 2 N–H and O–H groups in total. The van der Waals surface area contributed by atoms with Crippen molar-refractivity contribution >= 4 is 49.9 Å². The van der Waals surface area contributed by atoms with Crippen LogP contribution < -0.4 is 5.73 Å². The Morgan fingerprint density at radius 3 is 2.79 bits per heavy atom. The predicted molar refractivity (Wildman–Crippen MR) is 127 cm³/mol. The molecule has 8 nitrogen and oxygen atoms in total. The van der Waals surface area contributed by atoms with Gasteiger partial charge in [-0.25, -0.2) is 22.8 Å². The molecule has 1 aliphatic carbocycles. The lowest BCUT2D eigenvalue weighted by Gasteiger charge is -2.25. The summed E-state index contributed by atoms with van der Waals surface area (Å²) in [4.78, 5) is 24.4. The Hall–Kier alpha value is -3.18. The Labute approximate surface area is 198 Å². The van der Waals surface area contributed by atoms with Gasteiger partial charge in [0, 0.05) is 23.8 Å². The fourth-order valence-corrected chi connectivity index (χ4v) is 7.51. The van der Waals surface area contributed by atoms with Gasteiger partial charge in [-0.2, -0.15) is 0 Å². The minimum atomic E-state index is -3.29. The SMILES string of the molecule is CN(C(=O)c1cc2c(cc1F)nc(N)c1cncn12)[C@@H]1CSc2cc(S(=O)(=O)C3CC3)ccc21. The standard InChI is InChI=1S/C23H20FN5O3S2/c1-28(20-10-33-21-6-13(4-5-14(20)21)34(31,32)12-2-3-12)23(30)15-7-18-17(8-16(15)24)27-22(25)19-9-26-11-29(18)19/h4-9,11-12,20H,2-3,10H2,1H3,(H2,25,27)/t20-/m1/s1. The molecule has 2 aromatic carbocycles. The number of aromatic nitrogens is 3. The lowest BCUT2D eigenvalue weighted by molar-refractivity contribution is 0.0741. The van der Waals surface area contributed by atoms with E-state index in [1.54, 1.807) is 42.2 Å². The van der Waals surface area contributed by atoms with Gasteiger partial charge in [-0.15, -0.1) is 11.8 Å². The number of thioether (sulfide) groups is 1. The third kappa shape index (κ3) is 3.17. The molecule has 1 fully saturated rings. The van der Waals surface area contributed by atoms with Crippen molar-refractivity contribution < 1.29 is 17.6 Å². The van der Waals surface area contributed by atoms with Crippen molar-refractivity contribution in [3.8, 4) is 0 Å². The van der Waals surface area contributed by atoms with E-state index in [4.69, 9.17) is 5.73 Å². The Kier molecular flexibility index (Phi) is 4.65. The second kappa shape index (κ2) is 7.41. The molecule has 34 heavy (non-hydrogen) atoms. The van der Waals surface area contributed by atoms with E-state index < -0.39 is 21.6 Å². The van der Waals surface area contributed by atoms with Crippen molar-refractivity contribution in [2.75, 3.05) is 18.5 Å². The maximum atomic E-state index is 15.0. The summed E-state index contributed by atoms with van der Waals surface area (Å²) in [6.07, 6.45) is 4.51. The number of nitrogen functional groups attached to an aromatic ring is 1. The molecule has 174 valence electrons. The van der Waals surface area contributed by atoms with Crippen LogP contribution in [0.4, 0.5) is 10.2 Å². The fourth-order valence-electron chi connectivity index (χ4n) is 4.43. The van der Waals surface area contributed by atoms with E-state index >= 15 is 4.39 Å². The van der Waals surface area contributed by atoms with Gasteiger partial charge in [0.1, 0.15) is 17.2 Å². The quantitative estimate of drug-likeness (QED) is 0.460. The second-order valence-corrected chi connectivity index (χ2v) is 11.9. The van der Waals surface area contributed by atoms with Crippen LogP contribution in [0, 0.1) is 5.82 Å². The number of anilines is 1. The van der Waals surface area contributed by atoms with Crippen molar-refractivity contribution in [3.63, 3.8) is 0 Å². The van der Waals surface area contributed by atoms with E-state index in [-0.39, 0.29) is 22.7 Å². The summed E-state index contributed by atoms with van der Waals surface area (Å²) in [5, 5.41) is -0.278. The van der Waals surface area contributed by atoms with Crippen LogP contribution in [0.1, 0.15) is 34.8 Å². The van der Waals surface area contributed by atoms with Gasteiger partial charge in [0.15, 0.2) is 9.84 Å². The molecule has 1 amide bonds. The third-order valence-electron chi connectivity index (χ3n) is 6.52. The fraction of sp³-hybridized carbons (Fsp3) is 0.261. The average molecular weight is 498 g/mol. The Morgan fingerprint density at radius 2 is 2.03 bits per heavy atom. The third-order valence-corrected chi connectivity index (χ3v) is 9.92. The van der Waals surface area contributed by atoms with Gasteiger partial charge in [0.2, 0.25) is 0 Å². The summed E-state index contributed by atoms with van der Waals surface area (Å²) >= 11 is 1.50. The summed E-state index contributed by atoms with van der Waals surface area (Å²) in [5.41, 5.74) is 8.14. The van der Waals surface area contributed by atoms with Crippen LogP contribution in [-0.2, 0) is 9.84 Å². The summed E-state index contributed by atoms with van der Waals surface area (Å²) < 4.78 is 41.9. The second-order valence-electron chi connectivity index (χ2n) is 8.65. The highest BCUT2D eigenvalue weighted by molar-refractivity contribution is 7.99. The van der Waals surface area contributed by atoms with Gasteiger partial charge in [-0.05, 0) is 36.6 Å². The Bertz CT molecular complexity index is 1610. The van der Waals surface area contributed by atoms with E-state index in [0.717, 1.165) is 10.5 Å². The Balaban J connectivity index is 1.35. The van der Waals surface area contributed by atoms with E-state index in [1.807, 2.05) is 0 Å². The smallest absolute Gasteiger partial charge is 0.257 e. The zero-order valence-electron chi connectivity index (χ0n) is 18.1. The maximum absolute atomic E-state index is 15.0. The highest BCUT2D eigenvalue weighted by atomic mass is 32.2. The number of benzene rings is 2. The molecule has 6 rings (SSSR count). The molecule has 0 spiro atoms. The van der Waals surface area contributed by atoms with Crippen LogP contribution in [0.25, 0.3) is 16.6 Å². The number of carbonyl (C=O) groups excluding carboxylic acids is 1. The zero-order valence-corrected chi connectivity index (χ0v) is 19.7. The number of hydrogen-bond donors (Lipinski definition) is 1. The number of fused-ring (bicyclic) bond motifs is 4. The number of rotatable bonds is 4. The summed E-state index contributed by atoms with van der Waals surface area (Å²) in [6, 6.07) is 7.47. The summed E-state index contributed by atoms with van der Waals surface area (Å²) in [6.45, 7) is 0. The van der Waals surface area contributed by atoms with Gasteiger partial charge < -0.3 is 10.6 Å². The molecular formula is C23H20FN5O3S2. The number of carbonyl (C=O) groups is 1. The molecule has 3 heterocycles. The van der Waals surface area contributed by atoms with Crippen LogP contribution in [0.15, 0.2) is 52.6 Å². The van der Waals surface area contributed by atoms with Crippen molar-refractivity contribution in [2.24, 2.45) is 0 Å². The largest absolute Gasteiger partial charge is 0.382 e. The summed E-state index contributed by atoms with van der Waals surface area (Å²) in [7, 11) is -1.66. The van der Waals surface area contributed by atoms with Gasteiger partial charge in [0.25, 0.3) is 5.91 Å². The van der Waals surface area contributed by atoms with E-state index in [0.29, 0.717) is 40.0 Å². The molecule has 0 saturated heterocycles. The number of nitrogens with two attached hydrogens (primary N) is 1. The first-order valence-electron chi connectivity index (χ1n) is 10.7. The van der Waals surface area contributed by atoms with Crippen molar-refractivity contribution in [1.29, 1.82) is 0 Å². The monoisotopic (exact) mass is 497 g/mol. The molecule has 0 radical (unpaired) electrons. The first-order chi connectivity index (χ1) is 16.3. The van der Waals surface area contributed by atoms with Crippen molar-refractivity contribution in [1.82, 2.24) is 19.3 Å². The van der Waals surface area contributed by atoms with Crippen LogP contribution in [-0.4, -0.2) is 51.6 Å². The topological polar surface area (TPSA) is 111 Å². The van der Waals surface area contributed by atoms with Gasteiger partial charge in [0.05, 0.1) is 45.3 Å². The van der Waals surface area contributed by atoms with Crippen molar-refractivity contribution in [3.05, 3.63) is 59.8 Å². The van der Waals surface area contributed by atoms with Crippen LogP contribution >= 0.6 is 11.8 Å². The van der Waals surface area contributed by atoms with Crippen LogP contribution in [0.5, 0.6) is 0 Å². The predicted octanol–water partition coefficient (Wildman–Crippen LogP) is 3.46. The number of imidazole rings is 1. The summed E-state index contributed by atoms with van der Waals surface area (Å²) in [5.74, 6) is -0.378. The van der Waals surface area contributed by atoms with Gasteiger partial charge >= 0.3 is 0 Å². The zero-order chi connectivity index (χ0) is 23.8. The molecule has 1 aliphatic heterocycles. The van der Waals surface area contributed by atoms with Crippen molar-refractivity contribution in [2.45, 2.75) is 33.9 Å². The number of sulfone groups is 1. The number of amides is 1. The van der Waals surface area contributed by atoms with E-state index in [2.05, 4.69) is 9.97 Å². The van der Waals surface area contributed by atoms with Crippen LogP contribution in [0.3, 0.4) is 0 Å². The molecule has 1 saturated carbocycles. The van der Waals surface area contributed by atoms with E-state index in [1.165, 1.54) is 28.8 Å². The minimum absolute atomic E-state index is 0.0806. The number of hydrogen-bond acceptors (Lipinski definition) is 7. The minimum Gasteiger partial charge on any atom is -0.382 e. The highest BCUT2D eigenvalue weighted by Crippen LogP contribution is 2.44. The first kappa shape index (κ1) is 21.4. The normalized spacial score (nSPS) is 17.9. The lowest BCUT2D eigenvalue weighted by atomic mass is 10.1. The van der Waals surface area contributed by atoms with Crippen LogP contribution in [0.2, 0.25) is 0 Å². The van der Waals surface area contributed by atoms with E-state index in [9.17, 15) is 13.2 Å². The Morgan fingerprint density at radius 1 is 1.24 bits per heavy atom. The lowest BCUT2D eigenvalue weighted by Crippen LogP contribution is -2.32. The molecule has 2 aliphatic rings. The first-order valence-corrected chi connectivity index (χ1v) is 13.3. The highest BCUT2D eigenvalue weighted by Gasteiger charge is 2.38. The molecule has 4 aromatic rings. The molecule has 0 unspecified atom stereocenters. The van der Waals surface area contributed by atoms with Gasteiger partial charge in [-0.1, -0.05) is 6.07 Å². The molecule has 11 heteroatoms. The average Bonchev–Trinajstić information content (AvgIpc) is 3.41. The number of halogens is 1. The molecule has 2 aromatic heterocycles. The molecular weight excluding hydrogens is 477 g/mol. The molecule has 1 atom stereocenters.